The van der Waals surface area contributed by atoms with Crippen molar-refractivity contribution in [3.8, 4) is 0 Å². The van der Waals surface area contributed by atoms with Crippen LogP contribution in [0.2, 0.25) is 0 Å². The maximum atomic E-state index is 8.50. The normalized spacial score (nSPS) is 11.2. The van der Waals surface area contributed by atoms with Gasteiger partial charge in [0.25, 0.3) is 0 Å². The molecule has 36 heavy (non-hydrogen) atoms. The SMILES string of the molecule is CC(C)c1cccc(C(C)C)c1N.Cc1cc(Br)cc(C(=N)Nc2c(C(C)C)cccc2C(C)C)c1. The molecule has 0 amide bonds. The molecule has 0 aliphatic heterocycles. The van der Waals surface area contributed by atoms with E-state index in [9.17, 15) is 0 Å². The van der Waals surface area contributed by atoms with Crippen LogP contribution in [-0.4, -0.2) is 5.84 Å². The van der Waals surface area contributed by atoms with Crippen molar-refractivity contribution in [1.29, 1.82) is 5.41 Å². The molecule has 3 aromatic rings. The Hall–Kier alpha value is -2.59. The van der Waals surface area contributed by atoms with Gasteiger partial charge in [0.15, 0.2) is 0 Å². The third-order valence-corrected chi connectivity index (χ3v) is 6.83. The Morgan fingerprint density at radius 3 is 1.53 bits per heavy atom. The number of halogens is 1. The van der Waals surface area contributed by atoms with E-state index in [1.165, 1.54) is 22.3 Å². The van der Waals surface area contributed by atoms with E-state index < -0.39 is 0 Å². The molecule has 0 aliphatic rings. The van der Waals surface area contributed by atoms with E-state index in [0.29, 0.717) is 29.5 Å². The first kappa shape index (κ1) is 29.6. The fourth-order valence-electron chi connectivity index (χ4n) is 4.38. The fourth-order valence-corrected chi connectivity index (χ4v) is 4.99. The van der Waals surface area contributed by atoms with Gasteiger partial charge in [0.1, 0.15) is 5.84 Å². The van der Waals surface area contributed by atoms with Crippen molar-refractivity contribution < 1.29 is 0 Å². The van der Waals surface area contributed by atoms with Crippen molar-refractivity contribution in [2.45, 2.75) is 86.0 Å². The van der Waals surface area contributed by atoms with Crippen molar-refractivity contribution in [2.24, 2.45) is 0 Å². The van der Waals surface area contributed by atoms with Gasteiger partial charge in [-0.1, -0.05) is 108 Å². The quantitative estimate of drug-likeness (QED) is 0.162. The summed E-state index contributed by atoms with van der Waals surface area (Å²) in [6.45, 7) is 19.5. The first-order chi connectivity index (χ1) is 16.8. The number of aryl methyl sites for hydroxylation is 1. The van der Waals surface area contributed by atoms with Gasteiger partial charge >= 0.3 is 0 Å². The Kier molecular flexibility index (Phi) is 10.8. The van der Waals surface area contributed by atoms with E-state index >= 15 is 0 Å². The zero-order valence-electron chi connectivity index (χ0n) is 23.5. The third kappa shape index (κ3) is 7.70. The first-order valence-corrected chi connectivity index (χ1v) is 13.8. The molecule has 4 heteroatoms. The van der Waals surface area contributed by atoms with Crippen LogP contribution in [-0.2, 0) is 0 Å². The monoisotopic (exact) mass is 549 g/mol. The minimum absolute atomic E-state index is 0.410. The highest BCUT2D eigenvalue weighted by molar-refractivity contribution is 9.10. The summed E-state index contributed by atoms with van der Waals surface area (Å²) in [6.07, 6.45) is 0. The van der Waals surface area contributed by atoms with Crippen LogP contribution in [0.5, 0.6) is 0 Å². The number of hydrogen-bond donors (Lipinski definition) is 3. The molecule has 0 saturated heterocycles. The molecule has 0 atom stereocenters. The zero-order valence-corrected chi connectivity index (χ0v) is 25.0. The molecule has 0 aliphatic carbocycles. The molecular formula is C32H44BrN3. The van der Waals surface area contributed by atoms with Crippen LogP contribution < -0.4 is 11.1 Å². The largest absolute Gasteiger partial charge is 0.398 e. The fraction of sp³-hybridized carbons (Fsp3) is 0.406. The van der Waals surface area contributed by atoms with Gasteiger partial charge in [0.05, 0.1) is 0 Å². The molecule has 0 fully saturated rings. The lowest BCUT2D eigenvalue weighted by Crippen LogP contribution is -2.16. The Balaban J connectivity index is 0.000000297. The van der Waals surface area contributed by atoms with Crippen LogP contribution in [0.4, 0.5) is 11.4 Å². The maximum absolute atomic E-state index is 8.50. The van der Waals surface area contributed by atoms with Gasteiger partial charge in [-0.25, -0.2) is 0 Å². The van der Waals surface area contributed by atoms with Gasteiger partial charge in [0.2, 0.25) is 0 Å². The van der Waals surface area contributed by atoms with Crippen molar-refractivity contribution in [3.63, 3.8) is 0 Å². The maximum Gasteiger partial charge on any atom is 0.129 e. The summed E-state index contributed by atoms with van der Waals surface area (Å²) < 4.78 is 1.00. The van der Waals surface area contributed by atoms with Gasteiger partial charge in [-0.3, -0.25) is 5.41 Å². The molecule has 194 valence electrons. The Labute approximate surface area is 227 Å². The van der Waals surface area contributed by atoms with Gasteiger partial charge < -0.3 is 11.1 Å². The van der Waals surface area contributed by atoms with Crippen LogP contribution in [0.1, 0.15) is 112 Å². The van der Waals surface area contributed by atoms with E-state index in [0.717, 1.165) is 27.0 Å². The molecule has 0 radical (unpaired) electrons. The van der Waals surface area contributed by atoms with Gasteiger partial charge in [-0.05, 0) is 76.6 Å². The van der Waals surface area contributed by atoms with Gasteiger partial charge in [-0.2, -0.15) is 0 Å². The predicted molar refractivity (Wildman–Crippen MR) is 163 cm³/mol. The predicted octanol–water partition coefficient (Wildman–Crippen LogP) is 9.96. The number of anilines is 2. The Morgan fingerprint density at radius 2 is 1.14 bits per heavy atom. The van der Waals surface area contributed by atoms with Crippen LogP contribution in [0.25, 0.3) is 0 Å². The van der Waals surface area contributed by atoms with Crippen LogP contribution in [0, 0.1) is 12.3 Å². The number of para-hydroxylation sites is 2. The molecule has 0 aromatic heterocycles. The minimum atomic E-state index is 0.410. The second kappa shape index (κ2) is 13.1. The van der Waals surface area contributed by atoms with E-state index in [1.54, 1.807) is 0 Å². The first-order valence-electron chi connectivity index (χ1n) is 13.0. The molecular weight excluding hydrogens is 506 g/mol. The topological polar surface area (TPSA) is 61.9 Å². The Morgan fingerprint density at radius 1 is 0.722 bits per heavy atom. The van der Waals surface area contributed by atoms with Gasteiger partial charge in [-0.15, -0.1) is 0 Å². The number of nitrogens with one attached hydrogen (secondary N) is 2. The molecule has 4 N–H and O–H groups in total. The summed E-state index contributed by atoms with van der Waals surface area (Å²) in [4.78, 5) is 0. The summed E-state index contributed by atoms with van der Waals surface area (Å²) in [5, 5.41) is 11.9. The number of amidine groups is 1. The molecule has 3 nitrogen and oxygen atoms in total. The third-order valence-electron chi connectivity index (χ3n) is 6.37. The molecule has 0 bridgehead atoms. The average molecular weight is 551 g/mol. The van der Waals surface area contributed by atoms with Crippen molar-refractivity contribution >= 4 is 33.1 Å². The van der Waals surface area contributed by atoms with E-state index in [-0.39, 0.29) is 0 Å². The van der Waals surface area contributed by atoms with Crippen LogP contribution in [0.3, 0.4) is 0 Å². The van der Waals surface area contributed by atoms with Crippen LogP contribution in [0.15, 0.2) is 59.1 Å². The van der Waals surface area contributed by atoms with E-state index in [1.807, 2.05) is 19.1 Å². The second-order valence-electron chi connectivity index (χ2n) is 10.8. The Bertz CT molecular complexity index is 1100. The highest BCUT2D eigenvalue weighted by Crippen LogP contribution is 2.33. The lowest BCUT2D eigenvalue weighted by Gasteiger charge is -2.21. The number of nitrogen functional groups attached to an aromatic ring is 1. The molecule has 0 unspecified atom stereocenters. The summed E-state index contributed by atoms with van der Waals surface area (Å²) in [5.41, 5.74) is 15.2. The molecule has 0 saturated carbocycles. The molecule has 3 rings (SSSR count). The summed E-state index contributed by atoms with van der Waals surface area (Å²) in [5.74, 6) is 2.28. The van der Waals surface area contributed by atoms with E-state index in [2.05, 4.69) is 119 Å². The second-order valence-corrected chi connectivity index (χ2v) is 11.7. The lowest BCUT2D eigenvalue weighted by molar-refractivity contribution is 0.839. The highest BCUT2D eigenvalue weighted by atomic mass is 79.9. The zero-order chi connectivity index (χ0) is 27.2. The molecule has 0 heterocycles. The van der Waals surface area contributed by atoms with Crippen molar-refractivity contribution in [2.75, 3.05) is 11.1 Å². The minimum Gasteiger partial charge on any atom is -0.398 e. The van der Waals surface area contributed by atoms with Crippen molar-refractivity contribution in [3.05, 3.63) is 92.5 Å². The highest BCUT2D eigenvalue weighted by Gasteiger charge is 2.15. The summed E-state index contributed by atoms with van der Waals surface area (Å²) in [7, 11) is 0. The smallest absolute Gasteiger partial charge is 0.129 e. The lowest BCUT2D eigenvalue weighted by atomic mass is 9.92. The van der Waals surface area contributed by atoms with Crippen LogP contribution >= 0.6 is 15.9 Å². The number of nitrogens with two attached hydrogens (primary N) is 1. The number of hydrogen-bond acceptors (Lipinski definition) is 2. The van der Waals surface area contributed by atoms with E-state index in [4.69, 9.17) is 11.1 Å². The standard InChI is InChI=1S/C20H25BrN2.C12H19N/c1-12(2)17-7-6-8-18(13(3)4)19(17)23-20(22)15-9-14(5)10-16(21)11-15;1-8(2)10-6-5-7-11(9(3)4)12(10)13/h6-13H,1-5H3,(H2,22,23);5-9H,13H2,1-4H3. The molecule has 0 spiro atoms. The van der Waals surface area contributed by atoms with Gasteiger partial charge in [0, 0.05) is 21.4 Å². The number of benzene rings is 3. The summed E-state index contributed by atoms with van der Waals surface area (Å²) in [6, 6.07) is 18.8. The van der Waals surface area contributed by atoms with Crippen molar-refractivity contribution in [1.82, 2.24) is 0 Å². The molecule has 3 aromatic carbocycles. The summed E-state index contributed by atoms with van der Waals surface area (Å²) >= 11 is 3.52. The number of rotatable bonds is 6. The average Bonchev–Trinajstić information content (AvgIpc) is 2.78.